The molecule has 5 heteroatoms. The quantitative estimate of drug-likeness (QED) is 0.675. The van der Waals surface area contributed by atoms with Gasteiger partial charge in [-0.15, -0.1) is 0 Å². The van der Waals surface area contributed by atoms with Crippen molar-refractivity contribution in [1.82, 2.24) is 9.78 Å². The molecule has 0 saturated heterocycles. The maximum Gasteiger partial charge on any atom is 0.251 e. The van der Waals surface area contributed by atoms with Gasteiger partial charge in [0.15, 0.2) is 0 Å². The molecule has 3 aromatic rings. The third kappa shape index (κ3) is 3.81. The van der Waals surface area contributed by atoms with Crippen molar-refractivity contribution in [2.75, 3.05) is 4.90 Å². The minimum Gasteiger partial charge on any atom is -0.467 e. The molecule has 0 fully saturated rings. The number of hydrogen-bond donors (Lipinski definition) is 0. The lowest BCUT2D eigenvalue weighted by Crippen LogP contribution is -2.28. The van der Waals surface area contributed by atoms with Crippen LogP contribution in [0.25, 0.3) is 6.08 Å². The SMILES string of the molecule is Cc1ccc(N(Cc2ccco2)C(=O)/C=C/c2cnn(C)c2)cc1. The fraction of sp³-hybridized carbons (Fsp3) is 0.158. The van der Waals surface area contributed by atoms with Crippen LogP contribution in [0, 0.1) is 6.92 Å². The van der Waals surface area contributed by atoms with E-state index in [1.54, 1.807) is 34.2 Å². The molecule has 0 aliphatic carbocycles. The van der Waals surface area contributed by atoms with Gasteiger partial charge in [0, 0.05) is 30.6 Å². The average molecular weight is 321 g/mol. The van der Waals surface area contributed by atoms with Gasteiger partial charge in [-0.05, 0) is 37.3 Å². The molecule has 0 spiro atoms. The van der Waals surface area contributed by atoms with Gasteiger partial charge in [-0.3, -0.25) is 9.48 Å². The predicted molar refractivity (Wildman–Crippen MR) is 93.3 cm³/mol. The van der Waals surface area contributed by atoms with Gasteiger partial charge in [0.2, 0.25) is 0 Å². The van der Waals surface area contributed by atoms with E-state index in [1.165, 1.54) is 0 Å². The number of rotatable bonds is 5. The van der Waals surface area contributed by atoms with Gasteiger partial charge in [-0.1, -0.05) is 17.7 Å². The molecule has 122 valence electrons. The van der Waals surface area contributed by atoms with Crippen LogP contribution < -0.4 is 4.90 Å². The Morgan fingerprint density at radius 1 is 1.29 bits per heavy atom. The molecular formula is C19H19N3O2. The number of hydrogen-bond acceptors (Lipinski definition) is 3. The van der Waals surface area contributed by atoms with Crippen LogP contribution in [0.1, 0.15) is 16.9 Å². The fourth-order valence-corrected chi connectivity index (χ4v) is 2.36. The lowest BCUT2D eigenvalue weighted by Gasteiger charge is -2.20. The Labute approximate surface area is 140 Å². The van der Waals surface area contributed by atoms with E-state index < -0.39 is 0 Å². The number of carbonyl (C=O) groups excluding carboxylic acids is 1. The molecule has 5 nitrogen and oxygen atoms in total. The summed E-state index contributed by atoms with van der Waals surface area (Å²) in [7, 11) is 1.84. The second kappa shape index (κ2) is 7.00. The highest BCUT2D eigenvalue weighted by molar-refractivity contribution is 6.03. The number of amides is 1. The third-order valence-corrected chi connectivity index (χ3v) is 3.65. The van der Waals surface area contributed by atoms with Crippen LogP contribution in [0.4, 0.5) is 5.69 Å². The van der Waals surface area contributed by atoms with Crippen LogP contribution >= 0.6 is 0 Å². The highest BCUT2D eigenvalue weighted by atomic mass is 16.3. The van der Waals surface area contributed by atoms with E-state index in [2.05, 4.69) is 5.10 Å². The summed E-state index contributed by atoms with van der Waals surface area (Å²) in [6.07, 6.45) is 8.50. The topological polar surface area (TPSA) is 51.3 Å². The molecule has 1 amide bonds. The van der Waals surface area contributed by atoms with E-state index in [-0.39, 0.29) is 5.91 Å². The van der Waals surface area contributed by atoms with Crippen molar-refractivity contribution >= 4 is 17.7 Å². The predicted octanol–water partition coefficient (Wildman–Crippen LogP) is 3.57. The summed E-state index contributed by atoms with van der Waals surface area (Å²) in [5, 5.41) is 4.09. The number of nitrogens with zero attached hydrogens (tertiary/aromatic N) is 3. The highest BCUT2D eigenvalue weighted by Crippen LogP contribution is 2.19. The summed E-state index contributed by atoms with van der Waals surface area (Å²) >= 11 is 0. The van der Waals surface area contributed by atoms with E-state index in [4.69, 9.17) is 4.42 Å². The van der Waals surface area contributed by atoms with Gasteiger partial charge in [0.05, 0.1) is 19.0 Å². The van der Waals surface area contributed by atoms with Crippen molar-refractivity contribution in [2.45, 2.75) is 13.5 Å². The molecule has 0 saturated carbocycles. The number of furan rings is 1. The highest BCUT2D eigenvalue weighted by Gasteiger charge is 2.15. The Balaban J connectivity index is 1.84. The number of anilines is 1. The first-order valence-electron chi connectivity index (χ1n) is 7.69. The Bertz CT molecular complexity index is 830. The van der Waals surface area contributed by atoms with Crippen LogP contribution in [0.5, 0.6) is 0 Å². The summed E-state index contributed by atoms with van der Waals surface area (Å²) in [5.41, 5.74) is 2.86. The van der Waals surface area contributed by atoms with Crippen molar-refractivity contribution in [3.8, 4) is 0 Å². The number of aromatic nitrogens is 2. The molecule has 0 N–H and O–H groups in total. The van der Waals surface area contributed by atoms with E-state index in [1.807, 2.05) is 56.6 Å². The molecule has 24 heavy (non-hydrogen) atoms. The third-order valence-electron chi connectivity index (χ3n) is 3.65. The lowest BCUT2D eigenvalue weighted by molar-refractivity contribution is -0.114. The average Bonchev–Trinajstić information content (AvgIpc) is 3.23. The first-order valence-corrected chi connectivity index (χ1v) is 7.69. The van der Waals surface area contributed by atoms with Crippen molar-refractivity contribution in [3.63, 3.8) is 0 Å². The van der Waals surface area contributed by atoms with E-state index in [9.17, 15) is 4.79 Å². The zero-order chi connectivity index (χ0) is 16.9. The molecule has 0 radical (unpaired) electrons. The van der Waals surface area contributed by atoms with Crippen molar-refractivity contribution in [3.05, 3.63) is 78.0 Å². The van der Waals surface area contributed by atoms with E-state index >= 15 is 0 Å². The Hall–Kier alpha value is -3.08. The first kappa shape index (κ1) is 15.8. The van der Waals surface area contributed by atoms with Crippen LogP contribution in [0.15, 0.2) is 65.5 Å². The van der Waals surface area contributed by atoms with Crippen molar-refractivity contribution in [1.29, 1.82) is 0 Å². The van der Waals surface area contributed by atoms with Crippen LogP contribution in [-0.4, -0.2) is 15.7 Å². The zero-order valence-electron chi connectivity index (χ0n) is 13.7. The summed E-state index contributed by atoms with van der Waals surface area (Å²) < 4.78 is 7.09. The standard InChI is InChI=1S/C19H19N3O2/c1-15-5-8-17(9-6-15)22(14-18-4-3-11-24-18)19(23)10-7-16-12-20-21(2)13-16/h3-13H,14H2,1-2H3/b10-7+. The van der Waals surface area contributed by atoms with Crippen LogP contribution in [0.2, 0.25) is 0 Å². The molecule has 0 aliphatic heterocycles. The molecular weight excluding hydrogens is 302 g/mol. The minimum atomic E-state index is -0.112. The molecule has 2 heterocycles. The Morgan fingerprint density at radius 2 is 2.08 bits per heavy atom. The summed E-state index contributed by atoms with van der Waals surface area (Å²) in [6.45, 7) is 2.40. The molecule has 0 aliphatic rings. The van der Waals surface area contributed by atoms with E-state index in [0.717, 1.165) is 22.6 Å². The van der Waals surface area contributed by atoms with Gasteiger partial charge < -0.3 is 9.32 Å². The van der Waals surface area contributed by atoms with Gasteiger partial charge in [0.1, 0.15) is 5.76 Å². The summed E-state index contributed by atoms with van der Waals surface area (Å²) in [5.74, 6) is 0.623. The van der Waals surface area contributed by atoms with Gasteiger partial charge in [-0.25, -0.2) is 0 Å². The smallest absolute Gasteiger partial charge is 0.251 e. The monoisotopic (exact) mass is 321 g/mol. The maximum atomic E-state index is 12.7. The summed E-state index contributed by atoms with van der Waals surface area (Å²) in [4.78, 5) is 14.4. The van der Waals surface area contributed by atoms with Gasteiger partial charge in [-0.2, -0.15) is 5.10 Å². The number of carbonyl (C=O) groups is 1. The molecule has 0 unspecified atom stereocenters. The second-order valence-corrected chi connectivity index (χ2v) is 5.62. The number of aryl methyl sites for hydroxylation is 2. The first-order chi connectivity index (χ1) is 11.6. The molecule has 2 aromatic heterocycles. The Kier molecular flexibility index (Phi) is 4.61. The molecule has 0 bridgehead atoms. The minimum absolute atomic E-state index is 0.112. The molecule has 0 atom stereocenters. The molecule has 1 aromatic carbocycles. The fourth-order valence-electron chi connectivity index (χ4n) is 2.36. The van der Waals surface area contributed by atoms with Crippen LogP contribution in [-0.2, 0) is 18.4 Å². The van der Waals surface area contributed by atoms with Gasteiger partial charge >= 0.3 is 0 Å². The van der Waals surface area contributed by atoms with Crippen LogP contribution in [0.3, 0.4) is 0 Å². The normalized spacial score (nSPS) is 11.1. The maximum absolute atomic E-state index is 12.7. The second-order valence-electron chi connectivity index (χ2n) is 5.62. The zero-order valence-corrected chi connectivity index (χ0v) is 13.7. The lowest BCUT2D eigenvalue weighted by atomic mass is 10.2. The van der Waals surface area contributed by atoms with E-state index in [0.29, 0.717) is 6.54 Å². The van der Waals surface area contributed by atoms with Crippen molar-refractivity contribution < 1.29 is 9.21 Å². The van der Waals surface area contributed by atoms with Crippen molar-refractivity contribution in [2.24, 2.45) is 7.05 Å². The Morgan fingerprint density at radius 3 is 2.71 bits per heavy atom. The summed E-state index contributed by atoms with van der Waals surface area (Å²) in [6, 6.07) is 11.5. The van der Waals surface area contributed by atoms with Gasteiger partial charge in [0.25, 0.3) is 5.91 Å². The largest absolute Gasteiger partial charge is 0.467 e. The number of benzene rings is 1. The molecule has 3 rings (SSSR count).